The summed E-state index contributed by atoms with van der Waals surface area (Å²) in [6.45, 7) is 2.54. The van der Waals surface area contributed by atoms with Crippen molar-refractivity contribution in [2.75, 3.05) is 6.54 Å². The SMILES string of the molecule is CCCNC(=O)Oc1cccc(-c2cncc(C#N)c2)c1. The van der Waals surface area contributed by atoms with Crippen LogP contribution in [0.4, 0.5) is 4.79 Å². The van der Waals surface area contributed by atoms with Crippen LogP contribution in [-0.2, 0) is 0 Å². The molecule has 0 aliphatic rings. The molecule has 0 aliphatic heterocycles. The van der Waals surface area contributed by atoms with Crippen LogP contribution in [0.3, 0.4) is 0 Å². The molecule has 0 aliphatic carbocycles. The predicted octanol–water partition coefficient (Wildman–Crippen LogP) is 3.12. The van der Waals surface area contributed by atoms with Gasteiger partial charge in [-0.15, -0.1) is 0 Å². The van der Waals surface area contributed by atoms with Gasteiger partial charge >= 0.3 is 6.09 Å². The Hall–Kier alpha value is -2.87. The van der Waals surface area contributed by atoms with E-state index < -0.39 is 6.09 Å². The van der Waals surface area contributed by atoms with Crippen LogP contribution in [0.2, 0.25) is 0 Å². The smallest absolute Gasteiger partial charge is 0.410 e. The largest absolute Gasteiger partial charge is 0.412 e. The third-order valence-electron chi connectivity index (χ3n) is 2.76. The summed E-state index contributed by atoms with van der Waals surface area (Å²) in [5.41, 5.74) is 2.12. The molecule has 0 spiro atoms. The number of nitriles is 1. The Kier molecular flexibility index (Phi) is 4.89. The van der Waals surface area contributed by atoms with E-state index in [2.05, 4.69) is 10.3 Å². The Bertz CT molecular complexity index is 677. The van der Waals surface area contributed by atoms with Crippen molar-refractivity contribution < 1.29 is 9.53 Å². The summed E-state index contributed by atoms with van der Waals surface area (Å²) >= 11 is 0. The summed E-state index contributed by atoms with van der Waals surface area (Å²) in [7, 11) is 0. The maximum Gasteiger partial charge on any atom is 0.412 e. The molecular formula is C16H15N3O2. The summed E-state index contributed by atoms with van der Waals surface area (Å²) in [6, 6.07) is 10.9. The average molecular weight is 281 g/mol. The normalized spacial score (nSPS) is 9.71. The summed E-state index contributed by atoms with van der Waals surface area (Å²) in [4.78, 5) is 15.6. The topological polar surface area (TPSA) is 75.0 Å². The van der Waals surface area contributed by atoms with Gasteiger partial charge in [0.05, 0.1) is 5.56 Å². The van der Waals surface area contributed by atoms with Gasteiger partial charge in [0.2, 0.25) is 0 Å². The third-order valence-corrected chi connectivity index (χ3v) is 2.76. The molecule has 1 N–H and O–H groups in total. The highest BCUT2D eigenvalue weighted by atomic mass is 16.6. The van der Waals surface area contributed by atoms with Crippen molar-refractivity contribution in [1.82, 2.24) is 10.3 Å². The summed E-state index contributed by atoms with van der Waals surface area (Å²) in [5, 5.41) is 11.5. The van der Waals surface area contributed by atoms with Crippen LogP contribution >= 0.6 is 0 Å². The fourth-order valence-corrected chi connectivity index (χ4v) is 1.77. The van der Waals surface area contributed by atoms with Crippen LogP contribution < -0.4 is 10.1 Å². The molecule has 106 valence electrons. The van der Waals surface area contributed by atoms with Crippen LogP contribution in [0.1, 0.15) is 18.9 Å². The van der Waals surface area contributed by atoms with Crippen molar-refractivity contribution >= 4 is 6.09 Å². The fourth-order valence-electron chi connectivity index (χ4n) is 1.77. The lowest BCUT2D eigenvalue weighted by Crippen LogP contribution is -2.27. The van der Waals surface area contributed by atoms with E-state index in [1.54, 1.807) is 30.5 Å². The molecule has 0 saturated heterocycles. The van der Waals surface area contributed by atoms with Gasteiger partial charge in [-0.05, 0) is 30.2 Å². The van der Waals surface area contributed by atoms with Crippen molar-refractivity contribution in [2.24, 2.45) is 0 Å². The van der Waals surface area contributed by atoms with Crippen molar-refractivity contribution in [3.8, 4) is 22.9 Å². The van der Waals surface area contributed by atoms with Crippen LogP contribution in [0.25, 0.3) is 11.1 Å². The minimum Gasteiger partial charge on any atom is -0.410 e. The lowest BCUT2D eigenvalue weighted by molar-refractivity contribution is 0.200. The molecule has 0 fully saturated rings. The van der Waals surface area contributed by atoms with E-state index >= 15 is 0 Å². The average Bonchev–Trinajstić information content (AvgIpc) is 2.53. The number of amides is 1. The Morgan fingerprint density at radius 3 is 2.95 bits per heavy atom. The molecule has 5 heteroatoms. The van der Waals surface area contributed by atoms with Crippen LogP contribution in [-0.4, -0.2) is 17.6 Å². The number of pyridine rings is 1. The second-order valence-electron chi connectivity index (χ2n) is 4.42. The quantitative estimate of drug-likeness (QED) is 0.934. The highest BCUT2D eigenvalue weighted by molar-refractivity contribution is 5.72. The number of nitrogens with zero attached hydrogens (tertiary/aromatic N) is 2. The summed E-state index contributed by atoms with van der Waals surface area (Å²) in [6.07, 6.45) is 3.54. The highest BCUT2D eigenvalue weighted by Gasteiger charge is 2.06. The van der Waals surface area contributed by atoms with Gasteiger partial charge in [0.15, 0.2) is 0 Å². The van der Waals surface area contributed by atoms with Gasteiger partial charge < -0.3 is 10.1 Å². The number of hydrogen-bond donors (Lipinski definition) is 1. The van der Waals surface area contributed by atoms with Gasteiger partial charge in [-0.3, -0.25) is 4.98 Å². The minimum atomic E-state index is -0.474. The zero-order valence-electron chi connectivity index (χ0n) is 11.7. The predicted molar refractivity (Wildman–Crippen MR) is 78.7 cm³/mol. The van der Waals surface area contributed by atoms with E-state index in [0.717, 1.165) is 17.5 Å². The number of benzene rings is 1. The van der Waals surface area contributed by atoms with Crippen molar-refractivity contribution in [3.05, 3.63) is 48.3 Å². The Morgan fingerprint density at radius 2 is 2.19 bits per heavy atom. The van der Waals surface area contributed by atoms with Crippen LogP contribution in [0.15, 0.2) is 42.7 Å². The summed E-state index contributed by atoms with van der Waals surface area (Å²) < 4.78 is 5.20. The Labute approximate surface area is 123 Å². The number of carbonyl (C=O) groups is 1. The first-order valence-electron chi connectivity index (χ1n) is 6.64. The molecule has 21 heavy (non-hydrogen) atoms. The molecule has 0 radical (unpaired) electrons. The number of carbonyl (C=O) groups excluding carboxylic acids is 1. The standard InChI is InChI=1S/C16H15N3O2/c1-2-6-19-16(20)21-15-5-3-4-13(8-15)14-7-12(9-17)10-18-11-14/h3-5,7-8,10-11H,2,6H2,1H3,(H,19,20). The van der Waals surface area contributed by atoms with Crippen molar-refractivity contribution in [2.45, 2.75) is 13.3 Å². The zero-order chi connectivity index (χ0) is 15.1. The van der Waals surface area contributed by atoms with E-state index in [0.29, 0.717) is 17.9 Å². The number of rotatable bonds is 4. The Morgan fingerprint density at radius 1 is 1.33 bits per heavy atom. The van der Waals surface area contributed by atoms with Crippen LogP contribution in [0, 0.1) is 11.3 Å². The van der Waals surface area contributed by atoms with Gasteiger partial charge in [0.25, 0.3) is 0 Å². The molecule has 0 bridgehead atoms. The zero-order valence-corrected chi connectivity index (χ0v) is 11.7. The minimum absolute atomic E-state index is 0.448. The number of nitrogens with one attached hydrogen (secondary N) is 1. The molecule has 1 aromatic carbocycles. The number of ether oxygens (including phenoxy) is 1. The molecule has 0 saturated carbocycles. The molecule has 1 amide bonds. The first kappa shape index (κ1) is 14.5. The van der Waals surface area contributed by atoms with Gasteiger partial charge in [-0.2, -0.15) is 5.26 Å². The van der Waals surface area contributed by atoms with Gasteiger partial charge in [-0.25, -0.2) is 4.79 Å². The van der Waals surface area contributed by atoms with E-state index in [1.807, 2.05) is 19.1 Å². The van der Waals surface area contributed by atoms with E-state index in [4.69, 9.17) is 10.00 Å². The van der Waals surface area contributed by atoms with Gasteiger partial charge in [0, 0.05) is 24.5 Å². The van der Waals surface area contributed by atoms with E-state index in [9.17, 15) is 4.79 Å². The second-order valence-corrected chi connectivity index (χ2v) is 4.42. The molecule has 5 nitrogen and oxygen atoms in total. The van der Waals surface area contributed by atoms with Crippen molar-refractivity contribution in [3.63, 3.8) is 0 Å². The Balaban J connectivity index is 2.17. The maximum absolute atomic E-state index is 11.5. The number of hydrogen-bond acceptors (Lipinski definition) is 4. The first-order valence-corrected chi connectivity index (χ1v) is 6.64. The van der Waals surface area contributed by atoms with Crippen LogP contribution in [0.5, 0.6) is 5.75 Å². The number of aromatic nitrogens is 1. The molecule has 1 aromatic heterocycles. The highest BCUT2D eigenvalue weighted by Crippen LogP contribution is 2.23. The third kappa shape index (κ3) is 4.05. The first-order chi connectivity index (χ1) is 10.2. The van der Waals surface area contributed by atoms with Gasteiger partial charge in [-0.1, -0.05) is 19.1 Å². The van der Waals surface area contributed by atoms with E-state index in [1.165, 1.54) is 6.20 Å². The molecule has 1 heterocycles. The monoisotopic (exact) mass is 281 g/mol. The molecule has 0 atom stereocenters. The fraction of sp³-hybridized carbons (Fsp3) is 0.188. The van der Waals surface area contributed by atoms with Gasteiger partial charge in [0.1, 0.15) is 11.8 Å². The van der Waals surface area contributed by atoms with Crippen molar-refractivity contribution in [1.29, 1.82) is 5.26 Å². The lowest BCUT2D eigenvalue weighted by atomic mass is 10.1. The maximum atomic E-state index is 11.5. The molecule has 2 aromatic rings. The second kappa shape index (κ2) is 7.06. The molecular weight excluding hydrogens is 266 g/mol. The summed E-state index contributed by atoms with van der Waals surface area (Å²) in [5.74, 6) is 0.448. The van der Waals surface area contributed by atoms with E-state index in [-0.39, 0.29) is 0 Å². The lowest BCUT2D eigenvalue weighted by Gasteiger charge is -2.07. The molecule has 2 rings (SSSR count). The molecule has 0 unspecified atom stereocenters.